The van der Waals surface area contributed by atoms with E-state index in [1.54, 1.807) is 10.4 Å². The monoisotopic (exact) mass is 319 g/mol. The van der Waals surface area contributed by atoms with Crippen LogP contribution in [0.25, 0.3) is 10.8 Å². The lowest BCUT2D eigenvalue weighted by Gasteiger charge is -2.23. The summed E-state index contributed by atoms with van der Waals surface area (Å²) < 4.78 is 33.0. The van der Waals surface area contributed by atoms with Crippen LogP contribution in [-0.4, -0.2) is 39.0 Å². The zero-order valence-electron chi connectivity index (χ0n) is 12.7. The number of hydrogen-bond donors (Lipinski definition) is 0. The fourth-order valence-corrected chi connectivity index (χ4v) is 4.71. The summed E-state index contributed by atoms with van der Waals surface area (Å²) in [5, 5.41) is 1.73. The van der Waals surface area contributed by atoms with Crippen molar-refractivity contribution in [2.45, 2.75) is 18.2 Å². The average Bonchev–Trinajstić information content (AvgIpc) is 3.05. The van der Waals surface area contributed by atoms with Crippen LogP contribution in [0, 0.1) is 5.92 Å². The zero-order valence-corrected chi connectivity index (χ0v) is 13.6. The van der Waals surface area contributed by atoms with Crippen LogP contribution in [-0.2, 0) is 14.8 Å². The molecule has 0 saturated carbocycles. The third kappa shape index (κ3) is 2.89. The second-order valence-electron chi connectivity index (χ2n) is 5.66. The van der Waals surface area contributed by atoms with Gasteiger partial charge in [0.25, 0.3) is 0 Å². The Morgan fingerprint density at radius 3 is 2.68 bits per heavy atom. The van der Waals surface area contributed by atoms with Gasteiger partial charge in [0.05, 0.1) is 11.5 Å². The summed E-state index contributed by atoms with van der Waals surface area (Å²) in [5.41, 5.74) is 0. The van der Waals surface area contributed by atoms with E-state index in [1.165, 1.54) is 0 Å². The molecule has 1 aliphatic rings. The highest BCUT2D eigenvalue weighted by atomic mass is 32.2. The maximum Gasteiger partial charge on any atom is 0.243 e. The minimum atomic E-state index is -3.49. The lowest BCUT2D eigenvalue weighted by Crippen LogP contribution is -2.35. The third-order valence-electron chi connectivity index (χ3n) is 4.21. The third-order valence-corrected chi connectivity index (χ3v) is 6.20. The molecule has 0 radical (unpaired) electrons. The largest absolute Gasteiger partial charge is 0.381 e. The van der Waals surface area contributed by atoms with E-state index in [9.17, 15) is 8.42 Å². The average molecular weight is 319 g/mol. The SMILES string of the molecule is CCN(C[C@H]1CCOC1)S(=O)(=O)c1cccc2ccccc12. The molecule has 2 aromatic carbocycles. The number of sulfonamides is 1. The fraction of sp³-hybridized carbons (Fsp3) is 0.412. The van der Waals surface area contributed by atoms with E-state index in [0.717, 1.165) is 23.8 Å². The number of fused-ring (bicyclic) bond motifs is 1. The van der Waals surface area contributed by atoms with Crippen molar-refractivity contribution in [3.05, 3.63) is 42.5 Å². The molecule has 1 saturated heterocycles. The molecule has 0 unspecified atom stereocenters. The van der Waals surface area contributed by atoms with Gasteiger partial charge in [-0.25, -0.2) is 8.42 Å². The zero-order chi connectivity index (χ0) is 15.6. The van der Waals surface area contributed by atoms with Crippen LogP contribution in [0.1, 0.15) is 13.3 Å². The molecular formula is C17H21NO3S. The molecule has 5 heteroatoms. The Morgan fingerprint density at radius 2 is 1.95 bits per heavy atom. The van der Waals surface area contributed by atoms with E-state index in [1.807, 2.05) is 43.3 Å². The van der Waals surface area contributed by atoms with E-state index in [4.69, 9.17) is 4.74 Å². The molecule has 0 spiro atoms. The predicted octanol–water partition coefficient (Wildman–Crippen LogP) is 2.89. The van der Waals surface area contributed by atoms with Crippen molar-refractivity contribution < 1.29 is 13.2 Å². The Balaban J connectivity index is 1.99. The lowest BCUT2D eigenvalue weighted by atomic mass is 10.1. The van der Waals surface area contributed by atoms with Crippen molar-refractivity contribution in [1.82, 2.24) is 4.31 Å². The number of hydrogen-bond acceptors (Lipinski definition) is 3. The molecule has 1 aliphatic heterocycles. The molecule has 0 bridgehead atoms. The highest BCUT2D eigenvalue weighted by Crippen LogP contribution is 2.27. The van der Waals surface area contributed by atoms with Crippen molar-refractivity contribution >= 4 is 20.8 Å². The minimum absolute atomic E-state index is 0.296. The van der Waals surface area contributed by atoms with E-state index < -0.39 is 10.0 Å². The molecule has 0 aliphatic carbocycles. The van der Waals surface area contributed by atoms with Gasteiger partial charge in [-0.1, -0.05) is 43.3 Å². The standard InChI is InChI=1S/C17H21NO3S/c1-2-18(12-14-10-11-21-13-14)22(19,20)17-9-5-7-15-6-3-4-8-16(15)17/h3-9,14H,2,10-13H2,1H3/t14-/m1/s1. The van der Waals surface area contributed by atoms with Crippen molar-refractivity contribution in [2.75, 3.05) is 26.3 Å². The molecule has 118 valence electrons. The van der Waals surface area contributed by atoms with Crippen LogP contribution in [0.2, 0.25) is 0 Å². The molecule has 1 fully saturated rings. The Hall–Kier alpha value is -1.43. The first-order chi connectivity index (χ1) is 10.6. The molecular weight excluding hydrogens is 298 g/mol. The van der Waals surface area contributed by atoms with Crippen molar-refractivity contribution in [3.63, 3.8) is 0 Å². The lowest BCUT2D eigenvalue weighted by molar-refractivity contribution is 0.181. The number of ether oxygens (including phenoxy) is 1. The molecule has 22 heavy (non-hydrogen) atoms. The second kappa shape index (κ2) is 6.36. The Labute approximate surface area is 131 Å². The van der Waals surface area contributed by atoms with Crippen LogP contribution in [0.4, 0.5) is 0 Å². The minimum Gasteiger partial charge on any atom is -0.381 e. The highest BCUT2D eigenvalue weighted by Gasteiger charge is 2.28. The van der Waals surface area contributed by atoms with Gasteiger partial charge >= 0.3 is 0 Å². The number of benzene rings is 2. The van der Waals surface area contributed by atoms with E-state index in [0.29, 0.717) is 30.5 Å². The summed E-state index contributed by atoms with van der Waals surface area (Å²) in [6.07, 6.45) is 0.932. The van der Waals surface area contributed by atoms with Crippen molar-refractivity contribution in [3.8, 4) is 0 Å². The van der Waals surface area contributed by atoms with Crippen LogP contribution in [0.5, 0.6) is 0 Å². The maximum absolute atomic E-state index is 13.1. The maximum atomic E-state index is 13.1. The highest BCUT2D eigenvalue weighted by molar-refractivity contribution is 7.89. The van der Waals surface area contributed by atoms with Gasteiger partial charge < -0.3 is 4.74 Å². The van der Waals surface area contributed by atoms with Gasteiger partial charge in [-0.3, -0.25) is 0 Å². The first-order valence-electron chi connectivity index (χ1n) is 7.68. The van der Waals surface area contributed by atoms with Gasteiger partial charge in [0.1, 0.15) is 0 Å². The summed E-state index contributed by atoms with van der Waals surface area (Å²) >= 11 is 0. The summed E-state index contributed by atoms with van der Waals surface area (Å²) in [5.74, 6) is 0.296. The van der Waals surface area contributed by atoms with E-state index in [2.05, 4.69) is 0 Å². The summed E-state index contributed by atoms with van der Waals surface area (Å²) in [6, 6.07) is 13.1. The van der Waals surface area contributed by atoms with Crippen LogP contribution < -0.4 is 0 Å². The van der Waals surface area contributed by atoms with Gasteiger partial charge in [-0.2, -0.15) is 4.31 Å². The van der Waals surface area contributed by atoms with Gasteiger partial charge in [-0.05, 0) is 23.8 Å². The van der Waals surface area contributed by atoms with E-state index in [-0.39, 0.29) is 0 Å². The normalized spacial score (nSPS) is 19.1. The fourth-order valence-electron chi connectivity index (χ4n) is 2.97. The molecule has 1 heterocycles. The van der Waals surface area contributed by atoms with Crippen LogP contribution in [0.15, 0.2) is 47.4 Å². The Morgan fingerprint density at radius 1 is 1.18 bits per heavy atom. The van der Waals surface area contributed by atoms with Gasteiger partial charge in [-0.15, -0.1) is 0 Å². The topological polar surface area (TPSA) is 46.6 Å². The van der Waals surface area contributed by atoms with Crippen LogP contribution >= 0.6 is 0 Å². The summed E-state index contributed by atoms with van der Waals surface area (Å²) in [7, 11) is -3.49. The van der Waals surface area contributed by atoms with Crippen molar-refractivity contribution in [2.24, 2.45) is 5.92 Å². The molecule has 4 nitrogen and oxygen atoms in total. The van der Waals surface area contributed by atoms with Gasteiger partial charge in [0.2, 0.25) is 10.0 Å². The predicted molar refractivity (Wildman–Crippen MR) is 87.3 cm³/mol. The van der Waals surface area contributed by atoms with Gasteiger partial charge in [0.15, 0.2) is 0 Å². The number of nitrogens with zero attached hydrogens (tertiary/aromatic N) is 1. The summed E-state index contributed by atoms with van der Waals surface area (Å²) in [4.78, 5) is 0.395. The Kier molecular flexibility index (Phi) is 4.47. The Bertz CT molecular complexity index is 746. The second-order valence-corrected chi connectivity index (χ2v) is 7.57. The van der Waals surface area contributed by atoms with Gasteiger partial charge in [0, 0.05) is 25.1 Å². The van der Waals surface area contributed by atoms with Crippen molar-refractivity contribution in [1.29, 1.82) is 0 Å². The molecule has 1 atom stereocenters. The molecule has 2 aromatic rings. The summed E-state index contributed by atoms with van der Waals surface area (Å²) in [6.45, 7) is 4.28. The van der Waals surface area contributed by atoms with Crippen LogP contribution in [0.3, 0.4) is 0 Å². The molecule has 0 aromatic heterocycles. The van der Waals surface area contributed by atoms with E-state index >= 15 is 0 Å². The smallest absolute Gasteiger partial charge is 0.243 e. The molecule has 0 amide bonds. The quantitative estimate of drug-likeness (QED) is 0.851. The first-order valence-corrected chi connectivity index (χ1v) is 9.12. The number of rotatable bonds is 5. The molecule has 0 N–H and O–H groups in total. The first kappa shape index (κ1) is 15.5. The molecule has 3 rings (SSSR count).